The molecule has 0 spiro atoms. The van der Waals surface area contributed by atoms with Gasteiger partial charge in [0.2, 0.25) is 11.8 Å². The Morgan fingerprint density at radius 2 is 2.00 bits per heavy atom. The first-order chi connectivity index (χ1) is 11.9. The van der Waals surface area contributed by atoms with E-state index in [9.17, 15) is 19.1 Å². The summed E-state index contributed by atoms with van der Waals surface area (Å²) in [6.45, 7) is 0. The minimum absolute atomic E-state index is 0.0722. The molecule has 2 N–H and O–H groups in total. The maximum Gasteiger partial charge on any atom is 0.225 e. The van der Waals surface area contributed by atoms with Gasteiger partial charge >= 0.3 is 0 Å². The molecule has 2 aromatic carbocycles. The number of carbonyl (C=O) groups excluding carboxylic acids is 2. The van der Waals surface area contributed by atoms with Crippen LogP contribution in [0.15, 0.2) is 48.5 Å². The lowest BCUT2D eigenvalue weighted by molar-refractivity contribution is -0.127. The van der Waals surface area contributed by atoms with Gasteiger partial charge in [0.15, 0.2) is 0 Å². The summed E-state index contributed by atoms with van der Waals surface area (Å²) in [4.78, 5) is 26.0. The summed E-state index contributed by atoms with van der Waals surface area (Å²) in [6.07, 6.45) is 0.309. The van der Waals surface area contributed by atoms with Crippen LogP contribution in [-0.4, -0.2) is 34.9 Å². The third kappa shape index (κ3) is 3.79. The van der Waals surface area contributed by atoms with Crippen molar-refractivity contribution >= 4 is 11.8 Å². The normalized spacial score (nSPS) is 19.9. The van der Waals surface area contributed by atoms with Crippen LogP contribution in [0.5, 0.6) is 5.75 Å². The van der Waals surface area contributed by atoms with Gasteiger partial charge in [-0.15, -0.1) is 0 Å². The average molecular weight is 342 g/mol. The molecule has 3 rings (SSSR count). The number of aromatic hydroxyl groups is 1. The molecule has 130 valence electrons. The van der Waals surface area contributed by atoms with Crippen LogP contribution in [0.2, 0.25) is 0 Å². The first-order valence-corrected chi connectivity index (χ1v) is 8.02. The van der Waals surface area contributed by atoms with Gasteiger partial charge < -0.3 is 15.3 Å². The summed E-state index contributed by atoms with van der Waals surface area (Å²) >= 11 is 0. The highest BCUT2D eigenvalue weighted by molar-refractivity contribution is 5.84. The van der Waals surface area contributed by atoms with E-state index in [0.717, 1.165) is 5.56 Å². The Morgan fingerprint density at radius 1 is 1.28 bits per heavy atom. The molecule has 5 nitrogen and oxygen atoms in total. The number of phenolic OH excluding ortho intramolecular Hbond substituents is 1. The number of carbonyl (C=O) groups is 2. The van der Waals surface area contributed by atoms with Crippen molar-refractivity contribution in [2.75, 3.05) is 7.05 Å². The van der Waals surface area contributed by atoms with E-state index in [1.165, 1.54) is 24.3 Å². The topological polar surface area (TPSA) is 69.6 Å². The zero-order valence-corrected chi connectivity index (χ0v) is 13.8. The Hall–Kier alpha value is -2.89. The Bertz CT molecular complexity index is 792. The van der Waals surface area contributed by atoms with E-state index in [1.807, 2.05) is 0 Å². The molecule has 6 heteroatoms. The van der Waals surface area contributed by atoms with Crippen molar-refractivity contribution < 1.29 is 19.1 Å². The van der Waals surface area contributed by atoms with Crippen LogP contribution in [0.1, 0.15) is 23.6 Å². The van der Waals surface area contributed by atoms with Crippen molar-refractivity contribution in [3.05, 3.63) is 65.5 Å². The number of nitrogens with one attached hydrogen (secondary N) is 1. The number of amides is 2. The quantitative estimate of drug-likeness (QED) is 0.895. The van der Waals surface area contributed by atoms with E-state index in [4.69, 9.17) is 0 Å². The third-order valence-electron chi connectivity index (χ3n) is 4.42. The minimum Gasteiger partial charge on any atom is -0.508 e. The first-order valence-electron chi connectivity index (χ1n) is 8.02. The monoisotopic (exact) mass is 342 g/mol. The average Bonchev–Trinajstić information content (AvgIpc) is 2.82. The van der Waals surface area contributed by atoms with Crippen molar-refractivity contribution in [1.29, 1.82) is 0 Å². The lowest BCUT2D eigenvalue weighted by Crippen LogP contribution is -2.39. The standard InChI is InChI=1S/C19H19FN2O3/c1-22-18(25)11-16(19(22)13-5-7-14(20)8-6-13)21-17(24)10-12-3-2-4-15(23)9-12/h2-9,16,19,23H,10-11H2,1H3,(H,21,24)/t16-,19-/m1/s1. The predicted octanol–water partition coefficient (Wildman–Crippen LogP) is 2.16. The van der Waals surface area contributed by atoms with Gasteiger partial charge in [0.05, 0.1) is 18.5 Å². The highest BCUT2D eigenvalue weighted by atomic mass is 19.1. The van der Waals surface area contributed by atoms with Gasteiger partial charge in [-0.1, -0.05) is 24.3 Å². The van der Waals surface area contributed by atoms with Crippen molar-refractivity contribution in [1.82, 2.24) is 10.2 Å². The van der Waals surface area contributed by atoms with E-state index in [-0.39, 0.29) is 48.3 Å². The van der Waals surface area contributed by atoms with Crippen molar-refractivity contribution in [2.45, 2.75) is 24.9 Å². The van der Waals surface area contributed by atoms with Crippen LogP contribution < -0.4 is 5.32 Å². The van der Waals surface area contributed by atoms with E-state index in [2.05, 4.69) is 5.32 Å². The van der Waals surface area contributed by atoms with Gasteiger partial charge in [0.1, 0.15) is 11.6 Å². The van der Waals surface area contributed by atoms with Gasteiger partial charge in [-0.3, -0.25) is 9.59 Å². The fourth-order valence-corrected chi connectivity index (χ4v) is 3.22. The molecule has 2 aromatic rings. The predicted molar refractivity (Wildman–Crippen MR) is 90.3 cm³/mol. The maximum absolute atomic E-state index is 13.2. The van der Waals surface area contributed by atoms with Gasteiger partial charge in [-0.05, 0) is 35.4 Å². The second kappa shape index (κ2) is 6.93. The van der Waals surface area contributed by atoms with Gasteiger partial charge in [0.25, 0.3) is 0 Å². The Balaban J connectivity index is 1.74. The number of phenols is 1. The molecule has 1 aliphatic rings. The lowest BCUT2D eigenvalue weighted by Gasteiger charge is -2.26. The van der Waals surface area contributed by atoms with Gasteiger partial charge in [-0.2, -0.15) is 0 Å². The highest BCUT2D eigenvalue weighted by Crippen LogP contribution is 2.32. The summed E-state index contributed by atoms with van der Waals surface area (Å²) in [5.74, 6) is -0.548. The molecule has 2 atom stereocenters. The van der Waals surface area contributed by atoms with Gasteiger partial charge in [0, 0.05) is 13.5 Å². The molecule has 1 aliphatic heterocycles. The molecule has 0 aliphatic carbocycles. The molecule has 1 fully saturated rings. The highest BCUT2D eigenvalue weighted by Gasteiger charge is 2.39. The number of hydrogen-bond acceptors (Lipinski definition) is 3. The molecule has 0 unspecified atom stereocenters. The van der Waals surface area contributed by atoms with Crippen LogP contribution in [-0.2, 0) is 16.0 Å². The van der Waals surface area contributed by atoms with E-state index in [1.54, 1.807) is 36.2 Å². The fraction of sp³-hybridized carbons (Fsp3) is 0.263. The Morgan fingerprint density at radius 3 is 2.68 bits per heavy atom. The first kappa shape index (κ1) is 17.0. The lowest BCUT2D eigenvalue weighted by atomic mass is 9.99. The number of halogens is 1. The Labute approximate surface area is 145 Å². The second-order valence-corrected chi connectivity index (χ2v) is 6.23. The molecule has 2 amide bonds. The number of rotatable bonds is 4. The Kier molecular flexibility index (Phi) is 4.70. The van der Waals surface area contributed by atoms with Crippen molar-refractivity contribution in [2.24, 2.45) is 0 Å². The van der Waals surface area contributed by atoms with Crippen LogP contribution in [0.25, 0.3) is 0 Å². The SMILES string of the molecule is CN1C(=O)C[C@@H](NC(=O)Cc2cccc(O)c2)[C@H]1c1ccc(F)cc1. The second-order valence-electron chi connectivity index (χ2n) is 6.23. The van der Waals surface area contributed by atoms with Crippen LogP contribution in [0, 0.1) is 5.82 Å². The number of nitrogens with zero attached hydrogens (tertiary/aromatic N) is 1. The summed E-state index contributed by atoms with van der Waals surface area (Å²) < 4.78 is 13.2. The number of benzene rings is 2. The molecule has 0 saturated carbocycles. The van der Waals surface area contributed by atoms with E-state index in [0.29, 0.717) is 5.56 Å². The van der Waals surface area contributed by atoms with E-state index >= 15 is 0 Å². The smallest absolute Gasteiger partial charge is 0.225 e. The maximum atomic E-state index is 13.2. The summed E-state index contributed by atoms with van der Waals surface area (Å²) in [7, 11) is 1.68. The summed E-state index contributed by atoms with van der Waals surface area (Å²) in [6, 6.07) is 11.7. The molecular weight excluding hydrogens is 323 g/mol. The summed E-state index contributed by atoms with van der Waals surface area (Å²) in [5, 5.41) is 12.4. The molecule has 25 heavy (non-hydrogen) atoms. The van der Waals surface area contributed by atoms with Crippen LogP contribution in [0.4, 0.5) is 4.39 Å². The fourth-order valence-electron chi connectivity index (χ4n) is 3.22. The van der Waals surface area contributed by atoms with E-state index < -0.39 is 0 Å². The summed E-state index contributed by atoms with van der Waals surface area (Å²) in [5.41, 5.74) is 1.46. The van der Waals surface area contributed by atoms with Crippen molar-refractivity contribution in [3.63, 3.8) is 0 Å². The third-order valence-corrected chi connectivity index (χ3v) is 4.42. The molecule has 1 heterocycles. The zero-order chi connectivity index (χ0) is 18.0. The molecule has 0 bridgehead atoms. The van der Waals surface area contributed by atoms with Crippen molar-refractivity contribution in [3.8, 4) is 5.75 Å². The minimum atomic E-state index is -0.382. The number of hydrogen-bond donors (Lipinski definition) is 2. The molecule has 0 aromatic heterocycles. The number of likely N-dealkylation sites (N-methyl/N-ethyl adjacent to an activating group) is 1. The molecule has 0 radical (unpaired) electrons. The molecular formula is C19H19FN2O3. The zero-order valence-electron chi connectivity index (χ0n) is 13.8. The van der Waals surface area contributed by atoms with Crippen LogP contribution in [0.3, 0.4) is 0 Å². The van der Waals surface area contributed by atoms with Crippen LogP contribution >= 0.6 is 0 Å². The van der Waals surface area contributed by atoms with Gasteiger partial charge in [-0.25, -0.2) is 4.39 Å². The largest absolute Gasteiger partial charge is 0.508 e. The molecule has 1 saturated heterocycles. The number of likely N-dealkylation sites (tertiary alicyclic amines) is 1.